The molecule has 7 heavy (non-hydrogen) atoms. The van der Waals surface area contributed by atoms with Crippen LogP contribution in [-0.4, -0.2) is 32.4 Å². The highest BCUT2D eigenvalue weighted by Gasteiger charge is 2.10. The summed E-state index contributed by atoms with van der Waals surface area (Å²) in [6, 6.07) is 0. The van der Waals surface area contributed by atoms with Gasteiger partial charge in [0.15, 0.2) is 0 Å². The monoisotopic (exact) mass is 99.1 g/mol. The van der Waals surface area contributed by atoms with Crippen LogP contribution in [0.1, 0.15) is 0 Å². The third-order valence-corrected chi connectivity index (χ3v) is 1.32. The Balaban J connectivity index is 2.14. The van der Waals surface area contributed by atoms with E-state index in [0.29, 0.717) is 0 Å². The summed E-state index contributed by atoms with van der Waals surface area (Å²) >= 11 is 0. The second kappa shape index (κ2) is 2.33. The molecule has 1 aliphatic rings. The predicted octanol–water partition coefficient (Wildman–Crippen LogP) is -0.324. The molecule has 0 saturated carbocycles. The van der Waals surface area contributed by atoms with Gasteiger partial charge >= 0.3 is 0 Å². The summed E-state index contributed by atoms with van der Waals surface area (Å²) in [5, 5.41) is 1.99. The van der Waals surface area contributed by atoms with E-state index in [1.165, 1.54) is 13.6 Å². The zero-order valence-electron chi connectivity index (χ0n) is 4.68. The van der Waals surface area contributed by atoms with E-state index in [-0.39, 0.29) is 0 Å². The van der Waals surface area contributed by atoms with Crippen molar-refractivity contribution in [3.8, 4) is 0 Å². The first-order chi connectivity index (χ1) is 3.43. The molecule has 1 aliphatic heterocycles. The predicted molar refractivity (Wildman–Crippen MR) is 30.5 cm³/mol. The van der Waals surface area contributed by atoms with E-state index in [2.05, 4.69) is 0 Å². The van der Waals surface area contributed by atoms with Crippen molar-refractivity contribution >= 4 is 7.28 Å². The molecule has 2 nitrogen and oxygen atoms in total. The summed E-state index contributed by atoms with van der Waals surface area (Å²) in [5.41, 5.74) is 0. The van der Waals surface area contributed by atoms with Crippen molar-refractivity contribution in [3.05, 3.63) is 0 Å². The Morgan fingerprint density at radius 3 is 2.86 bits per heavy atom. The molecule has 0 amide bonds. The molecule has 1 saturated heterocycles. The molecule has 0 aromatic carbocycles. The van der Waals surface area contributed by atoms with Gasteiger partial charge in [-0.25, -0.2) is 0 Å². The van der Waals surface area contributed by atoms with Gasteiger partial charge in [-0.3, -0.25) is 0 Å². The van der Waals surface area contributed by atoms with Crippen LogP contribution in [0.4, 0.5) is 0 Å². The Kier molecular flexibility index (Phi) is 1.71. The van der Waals surface area contributed by atoms with Crippen LogP contribution >= 0.6 is 0 Å². The lowest BCUT2D eigenvalue weighted by atomic mass is 9.79. The van der Waals surface area contributed by atoms with E-state index in [1.54, 1.807) is 7.11 Å². The highest BCUT2D eigenvalue weighted by Crippen LogP contribution is 1.98. The highest BCUT2D eigenvalue weighted by atomic mass is 16.7. The van der Waals surface area contributed by atoms with Crippen molar-refractivity contribution in [2.45, 2.75) is 6.32 Å². The fraction of sp³-hybridized carbons (Fsp3) is 1.00. The molecule has 40 valence electrons. The van der Waals surface area contributed by atoms with Crippen molar-refractivity contribution in [1.82, 2.24) is 5.06 Å². The largest absolute Gasteiger partial charge is 0.303 e. The Morgan fingerprint density at radius 2 is 2.57 bits per heavy atom. The summed E-state index contributed by atoms with van der Waals surface area (Å²) < 4.78 is 0. The maximum absolute atomic E-state index is 4.94. The summed E-state index contributed by atoms with van der Waals surface area (Å²) in [5.74, 6) is 0. The number of nitrogens with zero attached hydrogens (tertiary/aromatic N) is 1. The second-order valence-corrected chi connectivity index (χ2v) is 1.82. The molecule has 0 aromatic rings. The summed E-state index contributed by atoms with van der Waals surface area (Å²) in [7, 11) is 3.03. The lowest BCUT2D eigenvalue weighted by Gasteiger charge is -2.09. The van der Waals surface area contributed by atoms with Gasteiger partial charge in [-0.1, -0.05) is 6.32 Å². The molecular formula is C4H10BNO. The summed E-state index contributed by atoms with van der Waals surface area (Å²) in [6.45, 7) is 1.12. The van der Waals surface area contributed by atoms with Crippen molar-refractivity contribution in [2.75, 3.05) is 20.1 Å². The summed E-state index contributed by atoms with van der Waals surface area (Å²) in [6.07, 6.45) is 2.42. The molecule has 0 aliphatic carbocycles. The van der Waals surface area contributed by atoms with Crippen molar-refractivity contribution in [3.63, 3.8) is 0 Å². The van der Waals surface area contributed by atoms with Crippen molar-refractivity contribution < 1.29 is 4.84 Å². The van der Waals surface area contributed by atoms with Crippen LogP contribution in [-0.2, 0) is 4.84 Å². The first-order valence-electron chi connectivity index (χ1n) is 2.72. The smallest absolute Gasteiger partial charge is 0.142 e. The van der Waals surface area contributed by atoms with Gasteiger partial charge in [0.05, 0.1) is 7.11 Å². The maximum atomic E-state index is 4.94. The van der Waals surface area contributed by atoms with Gasteiger partial charge in [0.2, 0.25) is 0 Å². The highest BCUT2D eigenvalue weighted by molar-refractivity contribution is 6.36. The zero-order chi connectivity index (χ0) is 5.11. The molecule has 0 spiro atoms. The molecule has 0 unspecified atom stereocenters. The molecule has 0 aromatic heterocycles. The topological polar surface area (TPSA) is 12.5 Å². The van der Waals surface area contributed by atoms with Crippen LogP contribution in [0, 0.1) is 0 Å². The van der Waals surface area contributed by atoms with Crippen LogP contribution < -0.4 is 0 Å². The van der Waals surface area contributed by atoms with Crippen LogP contribution in [0.2, 0.25) is 6.32 Å². The van der Waals surface area contributed by atoms with Gasteiger partial charge in [-0.2, -0.15) is 5.06 Å². The van der Waals surface area contributed by atoms with E-state index >= 15 is 0 Å². The molecule has 1 rings (SSSR count). The quantitative estimate of drug-likeness (QED) is 0.417. The standard InChI is InChI=1S/C4H10BNO/c1-7-6-3-2-5-4-6/h5H,2-4H2,1H3. The van der Waals surface area contributed by atoms with E-state index in [1.807, 2.05) is 5.06 Å². The normalized spacial score (nSPS) is 22.4. The van der Waals surface area contributed by atoms with Crippen LogP contribution in [0.5, 0.6) is 0 Å². The third-order valence-electron chi connectivity index (χ3n) is 1.32. The van der Waals surface area contributed by atoms with Gasteiger partial charge < -0.3 is 4.84 Å². The Morgan fingerprint density at radius 1 is 1.71 bits per heavy atom. The maximum Gasteiger partial charge on any atom is 0.142 e. The van der Waals surface area contributed by atoms with E-state index in [4.69, 9.17) is 4.84 Å². The van der Waals surface area contributed by atoms with Crippen LogP contribution in [0.25, 0.3) is 0 Å². The van der Waals surface area contributed by atoms with Gasteiger partial charge in [0, 0.05) is 6.54 Å². The van der Waals surface area contributed by atoms with E-state index in [9.17, 15) is 0 Å². The Labute approximate surface area is 44.6 Å². The number of hydrogen-bond acceptors (Lipinski definition) is 2. The summed E-state index contributed by atoms with van der Waals surface area (Å²) in [4.78, 5) is 4.94. The Hall–Kier alpha value is -0.0151. The molecule has 0 atom stereocenters. The molecule has 1 heterocycles. The van der Waals surface area contributed by atoms with E-state index in [0.717, 1.165) is 13.0 Å². The fourth-order valence-corrected chi connectivity index (χ4v) is 0.871. The van der Waals surface area contributed by atoms with Gasteiger partial charge in [-0.05, 0) is 6.44 Å². The number of hydroxylamine groups is 2. The molecule has 1 fully saturated rings. The second-order valence-electron chi connectivity index (χ2n) is 1.82. The zero-order valence-corrected chi connectivity index (χ0v) is 4.68. The first-order valence-corrected chi connectivity index (χ1v) is 2.72. The lowest BCUT2D eigenvalue weighted by Crippen LogP contribution is -2.17. The number of hydrogen-bond donors (Lipinski definition) is 0. The van der Waals surface area contributed by atoms with Crippen LogP contribution in [0.15, 0.2) is 0 Å². The average Bonchev–Trinajstić information content (AvgIpc) is 2.14. The first kappa shape index (κ1) is 5.13. The van der Waals surface area contributed by atoms with Crippen molar-refractivity contribution in [1.29, 1.82) is 0 Å². The third kappa shape index (κ3) is 1.18. The molecule has 0 N–H and O–H groups in total. The fourth-order valence-electron chi connectivity index (χ4n) is 0.871. The van der Waals surface area contributed by atoms with E-state index < -0.39 is 0 Å². The minimum atomic E-state index is 1.12. The lowest BCUT2D eigenvalue weighted by molar-refractivity contribution is -0.106. The SMILES string of the molecule is CON1CBCC1. The minimum absolute atomic E-state index is 1.12. The molecule has 0 radical (unpaired) electrons. The van der Waals surface area contributed by atoms with Gasteiger partial charge in [0.25, 0.3) is 0 Å². The van der Waals surface area contributed by atoms with Gasteiger partial charge in [-0.15, -0.1) is 0 Å². The average molecular weight is 98.9 g/mol. The van der Waals surface area contributed by atoms with Gasteiger partial charge in [0.1, 0.15) is 7.28 Å². The molecule has 3 heteroatoms. The molecule has 0 bridgehead atoms. The van der Waals surface area contributed by atoms with Crippen molar-refractivity contribution in [2.24, 2.45) is 0 Å². The molecular weight excluding hydrogens is 88.9 g/mol. The van der Waals surface area contributed by atoms with Crippen LogP contribution in [0.3, 0.4) is 0 Å². The minimum Gasteiger partial charge on any atom is -0.303 e. The number of rotatable bonds is 1. The Bertz CT molecular complexity index is 53.7.